The summed E-state index contributed by atoms with van der Waals surface area (Å²) in [6.07, 6.45) is 0. The average molecular weight is 346 g/mol. The van der Waals surface area contributed by atoms with E-state index in [1.165, 1.54) is 4.90 Å². The molecule has 5 heteroatoms. The number of anilines is 1. The van der Waals surface area contributed by atoms with Gasteiger partial charge in [-0.3, -0.25) is 9.59 Å². The number of halogens is 1. The molecule has 3 rings (SSSR count). The smallest absolute Gasteiger partial charge is 0.266 e. The van der Waals surface area contributed by atoms with Gasteiger partial charge in [0.1, 0.15) is 0 Å². The Bertz CT molecular complexity index is 742. The molecule has 2 aromatic carbocycles. The van der Waals surface area contributed by atoms with E-state index in [9.17, 15) is 9.59 Å². The van der Waals surface area contributed by atoms with Crippen molar-refractivity contribution in [2.45, 2.75) is 6.61 Å². The molecule has 0 saturated heterocycles. The second-order valence-electron chi connectivity index (χ2n) is 4.74. The minimum Gasteiger partial charge on any atom is -0.380 e. The fraction of sp³-hybridized carbons (Fsp3) is 0.125. The van der Waals surface area contributed by atoms with Crippen LogP contribution in [0.3, 0.4) is 0 Å². The van der Waals surface area contributed by atoms with Crippen molar-refractivity contribution in [2.75, 3.05) is 12.0 Å². The minimum absolute atomic E-state index is 0.294. The molecule has 21 heavy (non-hydrogen) atoms. The van der Waals surface area contributed by atoms with Gasteiger partial charge in [-0.2, -0.15) is 0 Å². The van der Waals surface area contributed by atoms with Crippen LogP contribution >= 0.6 is 15.9 Å². The van der Waals surface area contributed by atoms with E-state index in [1.54, 1.807) is 37.4 Å². The van der Waals surface area contributed by atoms with Gasteiger partial charge in [0.15, 0.2) is 0 Å². The van der Waals surface area contributed by atoms with Gasteiger partial charge >= 0.3 is 0 Å². The molecule has 0 fully saturated rings. The molecule has 106 valence electrons. The quantitative estimate of drug-likeness (QED) is 0.801. The number of imide groups is 1. The van der Waals surface area contributed by atoms with Crippen LogP contribution in [-0.4, -0.2) is 18.9 Å². The first-order valence-electron chi connectivity index (χ1n) is 6.38. The first-order chi connectivity index (χ1) is 10.1. The maximum absolute atomic E-state index is 12.5. The van der Waals surface area contributed by atoms with Gasteiger partial charge in [-0.25, -0.2) is 4.90 Å². The second kappa shape index (κ2) is 5.42. The summed E-state index contributed by atoms with van der Waals surface area (Å²) >= 11 is 3.32. The minimum atomic E-state index is -0.300. The normalized spacial score (nSPS) is 13.7. The van der Waals surface area contributed by atoms with Crippen LogP contribution in [-0.2, 0) is 11.3 Å². The highest BCUT2D eigenvalue weighted by Gasteiger charge is 2.36. The molecular weight excluding hydrogens is 334 g/mol. The Hall–Kier alpha value is -1.98. The van der Waals surface area contributed by atoms with E-state index in [-0.39, 0.29) is 11.8 Å². The topological polar surface area (TPSA) is 46.6 Å². The number of methoxy groups -OCH3 is 1. The van der Waals surface area contributed by atoms with Gasteiger partial charge in [0.2, 0.25) is 0 Å². The predicted octanol–water partition coefficient (Wildman–Crippen LogP) is 3.40. The molecule has 4 nitrogen and oxygen atoms in total. The lowest BCUT2D eigenvalue weighted by Crippen LogP contribution is -2.29. The lowest BCUT2D eigenvalue weighted by atomic mass is 10.1. The van der Waals surface area contributed by atoms with Crippen LogP contribution in [0.15, 0.2) is 46.9 Å². The molecule has 0 saturated carbocycles. The number of fused-ring (bicyclic) bond motifs is 1. The van der Waals surface area contributed by atoms with Gasteiger partial charge in [-0.1, -0.05) is 28.1 Å². The summed E-state index contributed by atoms with van der Waals surface area (Å²) in [5.41, 5.74) is 2.33. The van der Waals surface area contributed by atoms with Crippen molar-refractivity contribution in [3.05, 3.63) is 63.6 Å². The number of carbonyl (C=O) groups excluding carboxylic acids is 2. The zero-order valence-corrected chi connectivity index (χ0v) is 12.9. The summed E-state index contributed by atoms with van der Waals surface area (Å²) in [7, 11) is 1.60. The van der Waals surface area contributed by atoms with Crippen LogP contribution in [0.1, 0.15) is 26.3 Å². The summed E-state index contributed by atoms with van der Waals surface area (Å²) in [6.45, 7) is 0.433. The van der Waals surface area contributed by atoms with Crippen molar-refractivity contribution in [1.82, 2.24) is 0 Å². The summed E-state index contributed by atoms with van der Waals surface area (Å²) in [4.78, 5) is 26.1. The van der Waals surface area contributed by atoms with Gasteiger partial charge in [0.25, 0.3) is 11.8 Å². The van der Waals surface area contributed by atoms with E-state index in [4.69, 9.17) is 4.74 Å². The molecule has 0 unspecified atom stereocenters. The SMILES string of the molecule is COCc1cccc(N2C(=O)c3ccc(Br)cc3C2=O)c1. The molecule has 2 aromatic rings. The Balaban J connectivity index is 2.03. The second-order valence-corrected chi connectivity index (χ2v) is 5.65. The van der Waals surface area contributed by atoms with Crippen LogP contribution in [0.25, 0.3) is 0 Å². The van der Waals surface area contributed by atoms with Crippen LogP contribution in [0.5, 0.6) is 0 Å². The fourth-order valence-electron chi connectivity index (χ4n) is 2.40. The van der Waals surface area contributed by atoms with E-state index in [1.807, 2.05) is 12.1 Å². The summed E-state index contributed by atoms with van der Waals surface area (Å²) < 4.78 is 5.86. The van der Waals surface area contributed by atoms with Gasteiger partial charge in [0.05, 0.1) is 23.4 Å². The van der Waals surface area contributed by atoms with Gasteiger partial charge in [-0.15, -0.1) is 0 Å². The largest absolute Gasteiger partial charge is 0.380 e. The maximum Gasteiger partial charge on any atom is 0.266 e. The average Bonchev–Trinajstić information content (AvgIpc) is 2.71. The van der Waals surface area contributed by atoms with Gasteiger partial charge < -0.3 is 4.74 Å². The Morgan fingerprint density at radius 2 is 1.81 bits per heavy atom. The predicted molar refractivity (Wildman–Crippen MR) is 82.4 cm³/mol. The van der Waals surface area contributed by atoms with E-state index < -0.39 is 0 Å². The summed E-state index contributed by atoms with van der Waals surface area (Å²) in [5, 5.41) is 0. The number of hydrogen-bond donors (Lipinski definition) is 0. The molecule has 0 spiro atoms. The van der Waals surface area contributed by atoms with Gasteiger partial charge in [-0.05, 0) is 35.9 Å². The summed E-state index contributed by atoms with van der Waals surface area (Å²) in [5.74, 6) is -0.595. The Labute approximate surface area is 130 Å². The lowest BCUT2D eigenvalue weighted by Gasteiger charge is -2.14. The third kappa shape index (κ3) is 2.39. The maximum atomic E-state index is 12.5. The monoisotopic (exact) mass is 345 g/mol. The number of hydrogen-bond acceptors (Lipinski definition) is 3. The molecule has 1 aliphatic heterocycles. The highest BCUT2D eigenvalue weighted by molar-refractivity contribution is 9.10. The molecule has 0 aliphatic carbocycles. The molecule has 0 N–H and O–H groups in total. The standard InChI is InChI=1S/C16H12BrNO3/c1-21-9-10-3-2-4-12(7-10)18-15(19)13-6-5-11(17)8-14(13)16(18)20/h2-8H,9H2,1H3. The number of rotatable bonds is 3. The molecule has 1 aliphatic rings. The molecule has 0 radical (unpaired) electrons. The van der Waals surface area contributed by atoms with Crippen molar-refractivity contribution in [3.63, 3.8) is 0 Å². The molecule has 2 amide bonds. The Morgan fingerprint density at radius 1 is 1.05 bits per heavy atom. The van der Waals surface area contributed by atoms with Crippen molar-refractivity contribution < 1.29 is 14.3 Å². The van der Waals surface area contributed by atoms with E-state index in [2.05, 4.69) is 15.9 Å². The number of ether oxygens (including phenoxy) is 1. The number of carbonyl (C=O) groups is 2. The first-order valence-corrected chi connectivity index (χ1v) is 7.17. The first kappa shape index (κ1) is 14.0. The molecule has 1 heterocycles. The lowest BCUT2D eigenvalue weighted by molar-refractivity contribution is 0.0926. The molecule has 0 aromatic heterocycles. The van der Waals surface area contributed by atoms with Crippen LogP contribution < -0.4 is 4.90 Å². The van der Waals surface area contributed by atoms with Crippen molar-refractivity contribution >= 4 is 33.4 Å². The third-order valence-corrected chi connectivity index (χ3v) is 3.82. The van der Waals surface area contributed by atoms with E-state index in [0.717, 1.165) is 10.0 Å². The molecular formula is C16H12BrNO3. The number of benzene rings is 2. The Morgan fingerprint density at radius 3 is 2.57 bits per heavy atom. The van der Waals surface area contributed by atoms with Crippen LogP contribution in [0.4, 0.5) is 5.69 Å². The zero-order valence-electron chi connectivity index (χ0n) is 11.3. The molecule has 0 atom stereocenters. The highest BCUT2D eigenvalue weighted by Crippen LogP contribution is 2.30. The fourth-order valence-corrected chi connectivity index (χ4v) is 2.76. The van der Waals surface area contributed by atoms with E-state index >= 15 is 0 Å². The van der Waals surface area contributed by atoms with Crippen LogP contribution in [0, 0.1) is 0 Å². The Kier molecular flexibility index (Phi) is 3.61. The zero-order chi connectivity index (χ0) is 15.0. The van der Waals surface area contributed by atoms with Crippen molar-refractivity contribution in [2.24, 2.45) is 0 Å². The highest BCUT2D eigenvalue weighted by atomic mass is 79.9. The van der Waals surface area contributed by atoms with Gasteiger partial charge in [0, 0.05) is 11.6 Å². The van der Waals surface area contributed by atoms with Crippen LogP contribution in [0.2, 0.25) is 0 Å². The van der Waals surface area contributed by atoms with Crippen molar-refractivity contribution in [3.8, 4) is 0 Å². The number of nitrogens with zero attached hydrogens (tertiary/aromatic N) is 1. The van der Waals surface area contributed by atoms with Crippen molar-refractivity contribution in [1.29, 1.82) is 0 Å². The summed E-state index contributed by atoms with van der Waals surface area (Å²) in [6, 6.07) is 12.3. The molecule has 0 bridgehead atoms. The third-order valence-electron chi connectivity index (χ3n) is 3.33. The number of amides is 2. The van der Waals surface area contributed by atoms with E-state index in [0.29, 0.717) is 23.4 Å².